The van der Waals surface area contributed by atoms with Gasteiger partial charge in [0.2, 0.25) is 0 Å². The molecule has 30 heavy (non-hydrogen) atoms. The Morgan fingerprint density at radius 2 is 1.77 bits per heavy atom. The van der Waals surface area contributed by atoms with Crippen molar-refractivity contribution >= 4 is 38.2 Å². The number of halogens is 3. The van der Waals surface area contributed by atoms with E-state index in [2.05, 4.69) is 24.8 Å². The number of carboxylic acids is 1. The lowest BCUT2D eigenvalue weighted by Gasteiger charge is -2.18. The second-order valence-corrected chi connectivity index (χ2v) is 9.15. The van der Waals surface area contributed by atoms with Gasteiger partial charge in [-0.15, -0.1) is 11.3 Å². The minimum atomic E-state index is -5.08. The fraction of sp³-hybridized carbons (Fsp3) is 0.316. The van der Waals surface area contributed by atoms with Crippen LogP contribution in [0.15, 0.2) is 52.2 Å². The summed E-state index contributed by atoms with van der Waals surface area (Å²) in [5, 5.41) is 9.91. The molecule has 1 aromatic carbocycles. The number of carbonyl (C=O) groups is 1. The third kappa shape index (κ3) is 5.41. The van der Waals surface area contributed by atoms with E-state index in [1.54, 1.807) is 23.7 Å². The molecule has 0 saturated heterocycles. The Morgan fingerprint density at radius 1 is 1.13 bits per heavy atom. The number of rotatable bonds is 6. The summed E-state index contributed by atoms with van der Waals surface area (Å²) in [6, 6.07) is 11.2. The van der Waals surface area contributed by atoms with Crippen LogP contribution < -0.4 is 0 Å². The maximum absolute atomic E-state index is 12.8. The fourth-order valence-electron chi connectivity index (χ4n) is 2.75. The van der Waals surface area contributed by atoms with Crippen LogP contribution in [0.5, 0.6) is 0 Å². The molecule has 1 N–H and O–H groups in total. The number of hydrogen-bond acceptors (Lipinski definition) is 5. The van der Waals surface area contributed by atoms with Crippen molar-refractivity contribution in [1.82, 2.24) is 8.87 Å². The quantitative estimate of drug-likeness (QED) is 0.587. The molecule has 2 heterocycles. The molecular formula is C19H21F3N2O4S2. The Labute approximate surface area is 176 Å². The summed E-state index contributed by atoms with van der Waals surface area (Å²) in [5.41, 5.74) is 1.90. The van der Waals surface area contributed by atoms with Gasteiger partial charge in [-0.1, -0.05) is 32.0 Å². The Balaban J connectivity index is 0.000000396. The van der Waals surface area contributed by atoms with Gasteiger partial charge in [-0.2, -0.15) is 21.6 Å². The molecule has 0 atom stereocenters. The van der Waals surface area contributed by atoms with Crippen LogP contribution in [0.4, 0.5) is 13.2 Å². The molecule has 0 bridgehead atoms. The predicted molar refractivity (Wildman–Crippen MR) is 109 cm³/mol. The van der Waals surface area contributed by atoms with Gasteiger partial charge in [-0.3, -0.25) is 4.90 Å². The van der Waals surface area contributed by atoms with Crippen molar-refractivity contribution in [3.63, 3.8) is 0 Å². The smallest absolute Gasteiger partial charge is 0.475 e. The SMILES string of the molecule is CCN(CC)Cc1cccc2c1ccn2S(=O)(=O)c1cccs1.O=C(O)C(F)(F)F. The van der Waals surface area contributed by atoms with Crippen molar-refractivity contribution in [1.29, 1.82) is 0 Å². The highest BCUT2D eigenvalue weighted by Crippen LogP contribution is 2.27. The summed E-state index contributed by atoms with van der Waals surface area (Å²) in [6.07, 6.45) is -3.43. The zero-order chi connectivity index (χ0) is 22.5. The molecule has 0 spiro atoms. The Bertz CT molecular complexity index is 1090. The number of nitrogens with zero attached hydrogens (tertiary/aromatic N) is 2. The second kappa shape index (κ2) is 9.63. The molecule has 0 fully saturated rings. The van der Waals surface area contributed by atoms with E-state index >= 15 is 0 Å². The van der Waals surface area contributed by atoms with Crippen molar-refractivity contribution in [2.75, 3.05) is 13.1 Å². The van der Waals surface area contributed by atoms with Gasteiger partial charge in [0.25, 0.3) is 10.0 Å². The Morgan fingerprint density at radius 3 is 2.27 bits per heavy atom. The predicted octanol–water partition coefficient (Wildman–Crippen LogP) is 4.41. The van der Waals surface area contributed by atoms with Gasteiger partial charge in [0.15, 0.2) is 0 Å². The molecule has 6 nitrogen and oxygen atoms in total. The average Bonchev–Trinajstić information content (AvgIpc) is 3.36. The molecule has 11 heteroatoms. The highest BCUT2D eigenvalue weighted by Gasteiger charge is 2.38. The van der Waals surface area contributed by atoms with E-state index in [9.17, 15) is 21.6 Å². The highest BCUT2D eigenvalue weighted by atomic mass is 32.2. The molecule has 0 aliphatic carbocycles. The number of hydrogen-bond donors (Lipinski definition) is 1. The molecule has 0 amide bonds. The van der Waals surface area contributed by atoms with Crippen molar-refractivity contribution in [2.24, 2.45) is 0 Å². The van der Waals surface area contributed by atoms with Gasteiger partial charge in [-0.05, 0) is 42.2 Å². The van der Waals surface area contributed by atoms with Gasteiger partial charge < -0.3 is 5.11 Å². The minimum Gasteiger partial charge on any atom is -0.475 e. The number of thiophene rings is 1. The fourth-order valence-corrected chi connectivity index (χ4v) is 5.18. The Hall–Kier alpha value is -2.37. The Kier molecular flexibility index (Phi) is 7.67. The zero-order valence-corrected chi connectivity index (χ0v) is 17.9. The minimum absolute atomic E-state index is 0.365. The highest BCUT2D eigenvalue weighted by molar-refractivity contribution is 7.92. The maximum atomic E-state index is 12.8. The molecule has 0 unspecified atom stereocenters. The van der Waals surface area contributed by atoms with E-state index in [-0.39, 0.29) is 0 Å². The van der Waals surface area contributed by atoms with Crippen LogP contribution in [0.2, 0.25) is 0 Å². The molecule has 2 aromatic heterocycles. The summed E-state index contributed by atoms with van der Waals surface area (Å²) in [6.45, 7) is 7.04. The van der Waals surface area contributed by atoms with E-state index < -0.39 is 22.2 Å². The second-order valence-electron chi connectivity index (χ2n) is 6.16. The number of fused-ring (bicyclic) bond motifs is 1. The summed E-state index contributed by atoms with van der Waals surface area (Å²) >= 11 is 1.24. The topological polar surface area (TPSA) is 79.6 Å². The van der Waals surface area contributed by atoms with Crippen LogP contribution in [-0.2, 0) is 21.4 Å². The molecular weight excluding hydrogens is 441 g/mol. The monoisotopic (exact) mass is 462 g/mol. The summed E-state index contributed by atoms with van der Waals surface area (Å²) < 4.78 is 59.0. The van der Waals surface area contributed by atoms with Crippen LogP contribution in [-0.4, -0.2) is 47.6 Å². The summed E-state index contributed by atoms with van der Waals surface area (Å²) in [4.78, 5) is 11.2. The molecule has 0 aliphatic heterocycles. The van der Waals surface area contributed by atoms with Crippen LogP contribution in [0.1, 0.15) is 19.4 Å². The average molecular weight is 463 g/mol. The molecule has 0 saturated carbocycles. The van der Waals surface area contributed by atoms with Gasteiger partial charge in [0.1, 0.15) is 4.21 Å². The maximum Gasteiger partial charge on any atom is 0.490 e. The van der Waals surface area contributed by atoms with E-state index in [0.717, 1.165) is 36.1 Å². The first kappa shape index (κ1) is 23.9. The number of carboxylic acid groups (broad SMARTS) is 1. The summed E-state index contributed by atoms with van der Waals surface area (Å²) in [7, 11) is -3.51. The van der Waals surface area contributed by atoms with Crippen LogP contribution in [0.3, 0.4) is 0 Å². The molecule has 0 aliphatic rings. The lowest BCUT2D eigenvalue weighted by molar-refractivity contribution is -0.192. The van der Waals surface area contributed by atoms with Crippen LogP contribution >= 0.6 is 11.3 Å². The largest absolute Gasteiger partial charge is 0.490 e. The summed E-state index contributed by atoms with van der Waals surface area (Å²) in [5.74, 6) is -2.76. The van der Waals surface area contributed by atoms with Gasteiger partial charge in [-0.25, -0.2) is 8.77 Å². The molecule has 3 aromatic rings. The van der Waals surface area contributed by atoms with Gasteiger partial charge in [0, 0.05) is 18.1 Å². The van der Waals surface area contributed by atoms with Gasteiger partial charge in [0.05, 0.1) is 5.52 Å². The molecule has 0 radical (unpaired) electrons. The van der Waals surface area contributed by atoms with Crippen LogP contribution in [0, 0.1) is 0 Å². The normalized spacial score (nSPS) is 12.1. The number of aromatic nitrogens is 1. The van der Waals surface area contributed by atoms with Crippen molar-refractivity contribution < 1.29 is 31.5 Å². The lowest BCUT2D eigenvalue weighted by Crippen LogP contribution is -2.22. The lowest BCUT2D eigenvalue weighted by atomic mass is 10.1. The zero-order valence-electron chi connectivity index (χ0n) is 16.3. The van der Waals surface area contributed by atoms with E-state index in [1.807, 2.05) is 18.2 Å². The van der Waals surface area contributed by atoms with Gasteiger partial charge >= 0.3 is 12.1 Å². The number of alkyl halides is 3. The molecule has 3 rings (SSSR count). The first-order chi connectivity index (χ1) is 14.0. The third-order valence-corrected chi connectivity index (χ3v) is 7.39. The first-order valence-electron chi connectivity index (χ1n) is 8.92. The van der Waals surface area contributed by atoms with Crippen molar-refractivity contribution in [3.05, 3.63) is 53.5 Å². The number of aliphatic carboxylic acids is 1. The van der Waals surface area contributed by atoms with E-state index in [0.29, 0.717) is 4.21 Å². The third-order valence-electron chi connectivity index (χ3n) is 4.33. The van der Waals surface area contributed by atoms with Crippen molar-refractivity contribution in [3.8, 4) is 0 Å². The molecule has 164 valence electrons. The first-order valence-corrected chi connectivity index (χ1v) is 11.2. The van der Waals surface area contributed by atoms with E-state index in [4.69, 9.17) is 9.90 Å². The van der Waals surface area contributed by atoms with E-state index in [1.165, 1.54) is 15.3 Å². The van der Waals surface area contributed by atoms with Crippen LogP contribution in [0.25, 0.3) is 10.9 Å². The van der Waals surface area contributed by atoms with Crippen molar-refractivity contribution in [2.45, 2.75) is 30.8 Å². The standard InChI is InChI=1S/C17H20N2O2S2.C2HF3O2/c1-3-18(4-2)13-14-7-5-8-16-15(14)10-11-19(16)23(20,21)17-9-6-12-22-17;3-2(4,5)1(6)7/h5-12H,3-4,13H2,1-2H3;(H,6,7). The number of benzene rings is 1.